The highest BCUT2D eigenvalue weighted by molar-refractivity contribution is 5.94. The molecule has 1 aromatic rings. The van der Waals surface area contributed by atoms with Gasteiger partial charge in [0.15, 0.2) is 0 Å². The van der Waals surface area contributed by atoms with Crippen molar-refractivity contribution in [3.63, 3.8) is 0 Å². The summed E-state index contributed by atoms with van der Waals surface area (Å²) in [6, 6.07) is 9.17. The Morgan fingerprint density at radius 2 is 2.00 bits per heavy atom. The maximum Gasteiger partial charge on any atom is 0.251 e. The monoisotopic (exact) mass is 205 g/mol. The number of carbonyl (C=O) groups excluding carboxylic acids is 1. The molecule has 0 saturated heterocycles. The second kappa shape index (κ2) is 4.03. The summed E-state index contributed by atoms with van der Waals surface area (Å²) >= 11 is 0. The summed E-state index contributed by atoms with van der Waals surface area (Å²) in [5.41, 5.74) is 0.559. The predicted molar refractivity (Wildman–Crippen MR) is 57.6 cm³/mol. The van der Waals surface area contributed by atoms with Gasteiger partial charge in [0, 0.05) is 17.7 Å². The van der Waals surface area contributed by atoms with Crippen LogP contribution in [-0.2, 0) is 0 Å². The Hall–Kier alpha value is -1.35. The number of rotatable bonds is 4. The Bertz CT molecular complexity index is 344. The van der Waals surface area contributed by atoms with Gasteiger partial charge in [0.1, 0.15) is 0 Å². The fraction of sp³-hybridized carbons (Fsp3) is 0.417. The van der Waals surface area contributed by atoms with Crippen LogP contribution in [0.3, 0.4) is 0 Å². The van der Waals surface area contributed by atoms with E-state index in [1.807, 2.05) is 18.2 Å². The maximum absolute atomic E-state index is 11.8. The van der Waals surface area contributed by atoms with Crippen LogP contribution in [0.2, 0.25) is 0 Å². The van der Waals surface area contributed by atoms with Gasteiger partial charge in [-0.25, -0.2) is 0 Å². The fourth-order valence-corrected chi connectivity index (χ4v) is 1.70. The molecule has 0 atom stereocenters. The summed E-state index contributed by atoms with van der Waals surface area (Å²) in [6.07, 6.45) is 2.61. The van der Waals surface area contributed by atoms with Crippen molar-refractivity contribution >= 4 is 5.91 Å². The van der Waals surface area contributed by atoms with E-state index < -0.39 is 0 Å². The molecule has 3 heteroatoms. The summed E-state index contributed by atoms with van der Waals surface area (Å²) in [5.74, 6) is -0.0402. The summed E-state index contributed by atoms with van der Waals surface area (Å²) in [4.78, 5) is 11.8. The summed E-state index contributed by atoms with van der Waals surface area (Å²) < 4.78 is 0. The van der Waals surface area contributed by atoms with E-state index in [9.17, 15) is 4.79 Å². The van der Waals surface area contributed by atoms with Gasteiger partial charge < -0.3 is 10.4 Å². The second-order valence-corrected chi connectivity index (χ2v) is 4.07. The minimum atomic E-state index is -0.123. The molecule has 1 aliphatic carbocycles. The van der Waals surface area contributed by atoms with Crippen LogP contribution < -0.4 is 5.32 Å². The van der Waals surface area contributed by atoms with Crippen molar-refractivity contribution in [2.45, 2.75) is 24.8 Å². The molecule has 1 amide bonds. The van der Waals surface area contributed by atoms with Gasteiger partial charge in [-0.15, -0.1) is 0 Å². The van der Waals surface area contributed by atoms with Gasteiger partial charge in [0.05, 0.1) is 0 Å². The summed E-state index contributed by atoms with van der Waals surface area (Å²) in [6.45, 7) is 0.134. The molecular formula is C12H15NO2. The van der Waals surface area contributed by atoms with Crippen LogP contribution in [0.25, 0.3) is 0 Å². The topological polar surface area (TPSA) is 49.3 Å². The number of carbonyl (C=O) groups is 1. The molecule has 1 aliphatic rings. The molecule has 0 radical (unpaired) electrons. The quantitative estimate of drug-likeness (QED) is 0.779. The molecule has 1 fully saturated rings. The first-order valence-corrected chi connectivity index (χ1v) is 5.24. The lowest BCUT2D eigenvalue weighted by Crippen LogP contribution is -2.37. The first kappa shape index (κ1) is 10.2. The van der Waals surface area contributed by atoms with E-state index in [0.717, 1.165) is 12.8 Å². The van der Waals surface area contributed by atoms with Crippen LogP contribution in [0.5, 0.6) is 0 Å². The van der Waals surface area contributed by atoms with Crippen LogP contribution >= 0.6 is 0 Å². The Morgan fingerprint density at radius 1 is 1.33 bits per heavy atom. The molecule has 15 heavy (non-hydrogen) atoms. The Morgan fingerprint density at radius 3 is 2.53 bits per heavy atom. The van der Waals surface area contributed by atoms with Gasteiger partial charge in [0.25, 0.3) is 5.91 Å². The van der Waals surface area contributed by atoms with Gasteiger partial charge >= 0.3 is 0 Å². The molecule has 0 bridgehead atoms. The Balaban J connectivity index is 1.99. The van der Waals surface area contributed by atoms with Crippen LogP contribution in [-0.4, -0.2) is 23.2 Å². The maximum atomic E-state index is 11.8. The van der Waals surface area contributed by atoms with Gasteiger partial charge in [-0.05, 0) is 31.4 Å². The van der Waals surface area contributed by atoms with Crippen molar-refractivity contribution in [1.29, 1.82) is 0 Å². The number of hydrogen-bond donors (Lipinski definition) is 2. The molecular weight excluding hydrogens is 190 g/mol. The van der Waals surface area contributed by atoms with Crippen molar-refractivity contribution in [3.05, 3.63) is 35.9 Å². The zero-order chi connectivity index (χ0) is 10.7. The number of aliphatic hydroxyl groups excluding tert-OH is 1. The van der Waals surface area contributed by atoms with E-state index in [-0.39, 0.29) is 18.1 Å². The molecule has 0 aromatic heterocycles. The number of benzene rings is 1. The van der Waals surface area contributed by atoms with E-state index in [0.29, 0.717) is 12.0 Å². The number of aliphatic hydroxyl groups is 1. The molecule has 0 heterocycles. The number of hydrogen-bond acceptors (Lipinski definition) is 2. The van der Waals surface area contributed by atoms with Crippen molar-refractivity contribution in [3.8, 4) is 0 Å². The normalized spacial score (nSPS) is 17.1. The third-order valence-electron chi connectivity index (χ3n) is 2.86. The zero-order valence-corrected chi connectivity index (χ0v) is 8.57. The van der Waals surface area contributed by atoms with Gasteiger partial charge in [-0.1, -0.05) is 18.2 Å². The highest BCUT2D eigenvalue weighted by atomic mass is 16.3. The largest absolute Gasteiger partial charge is 0.396 e. The number of nitrogens with one attached hydrogen (secondary N) is 1. The van der Waals surface area contributed by atoms with Gasteiger partial charge in [0.2, 0.25) is 0 Å². The van der Waals surface area contributed by atoms with Crippen LogP contribution in [0.1, 0.15) is 29.6 Å². The van der Waals surface area contributed by atoms with Crippen molar-refractivity contribution in [2.75, 3.05) is 6.61 Å². The van der Waals surface area contributed by atoms with Crippen LogP contribution in [0.4, 0.5) is 0 Å². The minimum Gasteiger partial charge on any atom is -0.396 e. The van der Waals surface area contributed by atoms with E-state index in [2.05, 4.69) is 5.32 Å². The summed E-state index contributed by atoms with van der Waals surface area (Å²) in [7, 11) is 0. The lowest BCUT2D eigenvalue weighted by atomic mass is 10.1. The molecule has 2 N–H and O–H groups in total. The van der Waals surface area contributed by atoms with Gasteiger partial charge in [-0.2, -0.15) is 0 Å². The molecule has 80 valence electrons. The standard InChI is InChI=1S/C12H15NO2/c14-9-8-12(6-7-12)13-11(15)10-4-2-1-3-5-10/h1-5,14H,6-9H2,(H,13,15). The van der Waals surface area contributed by atoms with Crippen molar-refractivity contribution < 1.29 is 9.90 Å². The average molecular weight is 205 g/mol. The molecule has 0 unspecified atom stereocenters. The highest BCUT2D eigenvalue weighted by Gasteiger charge is 2.43. The van der Waals surface area contributed by atoms with Crippen LogP contribution in [0.15, 0.2) is 30.3 Å². The van der Waals surface area contributed by atoms with E-state index in [1.165, 1.54) is 0 Å². The van der Waals surface area contributed by atoms with E-state index in [4.69, 9.17) is 5.11 Å². The minimum absolute atomic E-state index is 0.0402. The Labute approximate surface area is 89.1 Å². The second-order valence-electron chi connectivity index (χ2n) is 4.07. The molecule has 2 rings (SSSR count). The molecule has 1 aromatic carbocycles. The first-order valence-electron chi connectivity index (χ1n) is 5.24. The van der Waals surface area contributed by atoms with E-state index in [1.54, 1.807) is 12.1 Å². The SMILES string of the molecule is O=C(NC1(CCO)CC1)c1ccccc1. The third-order valence-corrected chi connectivity index (χ3v) is 2.86. The first-order chi connectivity index (χ1) is 7.26. The smallest absolute Gasteiger partial charge is 0.251 e. The lowest BCUT2D eigenvalue weighted by molar-refractivity contribution is 0.0923. The van der Waals surface area contributed by atoms with Crippen molar-refractivity contribution in [2.24, 2.45) is 0 Å². The van der Waals surface area contributed by atoms with Crippen molar-refractivity contribution in [1.82, 2.24) is 5.32 Å². The average Bonchev–Trinajstić information content (AvgIpc) is 3.00. The predicted octanol–water partition coefficient (Wildman–Crippen LogP) is 1.33. The molecule has 0 spiro atoms. The molecule has 1 saturated carbocycles. The van der Waals surface area contributed by atoms with E-state index >= 15 is 0 Å². The third kappa shape index (κ3) is 2.36. The fourth-order valence-electron chi connectivity index (χ4n) is 1.70. The summed E-state index contributed by atoms with van der Waals surface area (Å²) in [5, 5.41) is 11.9. The highest BCUT2D eigenvalue weighted by Crippen LogP contribution is 2.38. The Kier molecular flexibility index (Phi) is 2.73. The molecule has 3 nitrogen and oxygen atoms in total. The van der Waals surface area contributed by atoms with Gasteiger partial charge in [-0.3, -0.25) is 4.79 Å². The lowest BCUT2D eigenvalue weighted by Gasteiger charge is -2.15. The molecule has 0 aliphatic heterocycles. The number of amides is 1. The zero-order valence-electron chi connectivity index (χ0n) is 8.57. The van der Waals surface area contributed by atoms with Crippen LogP contribution in [0, 0.1) is 0 Å².